The minimum absolute atomic E-state index is 0.0239. The number of aliphatic carboxylic acids is 1. The van der Waals surface area contributed by atoms with Crippen molar-refractivity contribution in [3.8, 4) is 0 Å². The predicted molar refractivity (Wildman–Crippen MR) is 62.3 cm³/mol. The van der Waals surface area contributed by atoms with Gasteiger partial charge in [-0.15, -0.1) is 0 Å². The van der Waals surface area contributed by atoms with E-state index in [2.05, 4.69) is 0 Å². The monoisotopic (exact) mass is 260 g/mol. The maximum Gasteiger partial charge on any atom is 0.303 e. The molecule has 0 unspecified atom stereocenters. The van der Waals surface area contributed by atoms with Crippen LogP contribution in [0.25, 0.3) is 0 Å². The molecule has 0 aliphatic heterocycles. The smallest absolute Gasteiger partial charge is 0.303 e. The highest BCUT2D eigenvalue weighted by Gasteiger charge is 2.12. The molecule has 1 rings (SSSR count). The van der Waals surface area contributed by atoms with Crippen molar-refractivity contribution < 1.29 is 14.7 Å². The van der Waals surface area contributed by atoms with Crippen LogP contribution in [-0.4, -0.2) is 16.9 Å². The number of ketones is 1. The first kappa shape index (κ1) is 13.0. The molecular formula is C11H10Cl2O3. The van der Waals surface area contributed by atoms with E-state index in [0.29, 0.717) is 17.0 Å². The van der Waals surface area contributed by atoms with Crippen LogP contribution in [0.2, 0.25) is 10.0 Å². The lowest BCUT2D eigenvalue weighted by atomic mass is 10.1. The maximum atomic E-state index is 11.7. The van der Waals surface area contributed by atoms with Crippen LogP contribution in [-0.2, 0) is 4.79 Å². The molecule has 0 aliphatic carbocycles. The Morgan fingerprint density at radius 2 is 1.88 bits per heavy atom. The summed E-state index contributed by atoms with van der Waals surface area (Å²) in [7, 11) is 0. The van der Waals surface area contributed by atoms with Gasteiger partial charge in [0.1, 0.15) is 0 Å². The zero-order valence-corrected chi connectivity index (χ0v) is 9.88. The summed E-state index contributed by atoms with van der Waals surface area (Å²) in [6, 6.07) is 4.81. The van der Waals surface area contributed by atoms with Crippen LogP contribution in [0.3, 0.4) is 0 Å². The molecule has 86 valence electrons. The summed E-state index contributed by atoms with van der Waals surface area (Å²) < 4.78 is 0. The van der Waals surface area contributed by atoms with E-state index in [1.165, 1.54) is 0 Å². The third-order valence-electron chi connectivity index (χ3n) is 2.05. The van der Waals surface area contributed by atoms with Crippen LogP contribution in [0.15, 0.2) is 18.2 Å². The van der Waals surface area contributed by atoms with E-state index in [9.17, 15) is 9.59 Å². The van der Waals surface area contributed by atoms with Gasteiger partial charge in [0.25, 0.3) is 0 Å². The van der Waals surface area contributed by atoms with Crippen molar-refractivity contribution in [1.29, 1.82) is 0 Å². The van der Waals surface area contributed by atoms with E-state index >= 15 is 0 Å². The first-order chi connectivity index (χ1) is 7.52. The molecule has 0 bridgehead atoms. The maximum absolute atomic E-state index is 11.7. The lowest BCUT2D eigenvalue weighted by Gasteiger charge is -2.03. The Morgan fingerprint density at radius 1 is 1.19 bits per heavy atom. The summed E-state index contributed by atoms with van der Waals surface area (Å²) in [5.74, 6) is -1.10. The van der Waals surface area contributed by atoms with Gasteiger partial charge in [0.15, 0.2) is 5.78 Å². The number of Topliss-reactive ketones (excluding diaryl/α,β-unsaturated/α-hetero) is 1. The Bertz CT molecular complexity index is 416. The Morgan fingerprint density at radius 3 is 2.50 bits per heavy atom. The standard InChI is InChI=1S/C11H10Cl2O3/c12-8-4-1-3-7(11(8)13)9(14)5-2-6-10(15)16/h1,3-4H,2,5-6H2,(H,15,16). The SMILES string of the molecule is O=C(O)CCCC(=O)c1cccc(Cl)c1Cl. The molecule has 0 saturated carbocycles. The number of rotatable bonds is 5. The Balaban J connectivity index is 2.66. The van der Waals surface area contributed by atoms with Crippen LogP contribution >= 0.6 is 23.2 Å². The van der Waals surface area contributed by atoms with Gasteiger partial charge >= 0.3 is 5.97 Å². The average molecular weight is 261 g/mol. The summed E-state index contributed by atoms with van der Waals surface area (Å²) in [5, 5.41) is 8.99. The Hall–Kier alpha value is -1.06. The van der Waals surface area contributed by atoms with Crippen molar-refractivity contribution in [2.45, 2.75) is 19.3 Å². The van der Waals surface area contributed by atoms with Gasteiger partial charge in [0.2, 0.25) is 0 Å². The molecule has 0 heterocycles. The van der Waals surface area contributed by atoms with Crippen molar-refractivity contribution in [1.82, 2.24) is 0 Å². The van der Waals surface area contributed by atoms with Gasteiger partial charge in [-0.2, -0.15) is 0 Å². The second-order valence-corrected chi connectivity index (χ2v) is 4.06. The third-order valence-corrected chi connectivity index (χ3v) is 2.87. The number of benzene rings is 1. The van der Waals surface area contributed by atoms with E-state index in [0.717, 1.165) is 0 Å². The van der Waals surface area contributed by atoms with Gasteiger partial charge in [-0.3, -0.25) is 9.59 Å². The lowest BCUT2D eigenvalue weighted by molar-refractivity contribution is -0.137. The van der Waals surface area contributed by atoms with Gasteiger partial charge in [-0.25, -0.2) is 0 Å². The molecule has 1 N–H and O–H groups in total. The number of hydrogen-bond donors (Lipinski definition) is 1. The van der Waals surface area contributed by atoms with E-state index in [-0.39, 0.29) is 23.6 Å². The number of carboxylic acids is 1. The van der Waals surface area contributed by atoms with Crippen LogP contribution in [0.5, 0.6) is 0 Å². The van der Waals surface area contributed by atoms with Crippen molar-refractivity contribution in [3.05, 3.63) is 33.8 Å². The number of carbonyl (C=O) groups excluding carboxylic acids is 1. The first-order valence-electron chi connectivity index (χ1n) is 4.71. The molecule has 0 aromatic heterocycles. The normalized spacial score (nSPS) is 10.1. The van der Waals surface area contributed by atoms with E-state index < -0.39 is 5.97 Å². The number of halogens is 2. The summed E-state index contributed by atoms with van der Waals surface area (Å²) in [6.07, 6.45) is 0.438. The molecule has 0 saturated heterocycles. The van der Waals surface area contributed by atoms with Gasteiger partial charge < -0.3 is 5.11 Å². The summed E-state index contributed by atoms with van der Waals surface area (Å²) >= 11 is 11.6. The zero-order valence-electron chi connectivity index (χ0n) is 8.37. The largest absolute Gasteiger partial charge is 0.481 e. The van der Waals surface area contributed by atoms with Crippen molar-refractivity contribution in [2.75, 3.05) is 0 Å². The molecular weight excluding hydrogens is 251 g/mol. The van der Waals surface area contributed by atoms with Crippen LogP contribution in [0, 0.1) is 0 Å². The summed E-state index contributed by atoms with van der Waals surface area (Å²) in [4.78, 5) is 21.9. The molecule has 1 aromatic carbocycles. The number of carbonyl (C=O) groups is 2. The zero-order chi connectivity index (χ0) is 12.1. The fraction of sp³-hybridized carbons (Fsp3) is 0.273. The molecule has 0 amide bonds. The second-order valence-electron chi connectivity index (χ2n) is 3.27. The predicted octanol–water partition coefficient (Wildman–Crippen LogP) is 3.43. The van der Waals surface area contributed by atoms with Crippen LogP contribution in [0.4, 0.5) is 0 Å². The highest BCUT2D eigenvalue weighted by molar-refractivity contribution is 6.43. The topological polar surface area (TPSA) is 54.4 Å². The van der Waals surface area contributed by atoms with Crippen LogP contribution < -0.4 is 0 Å². The Labute approximate surface area is 103 Å². The van der Waals surface area contributed by atoms with E-state index in [4.69, 9.17) is 28.3 Å². The van der Waals surface area contributed by atoms with Crippen LogP contribution in [0.1, 0.15) is 29.6 Å². The minimum Gasteiger partial charge on any atom is -0.481 e. The highest BCUT2D eigenvalue weighted by atomic mass is 35.5. The molecule has 0 spiro atoms. The average Bonchev–Trinajstić information content (AvgIpc) is 2.21. The quantitative estimate of drug-likeness (QED) is 0.826. The molecule has 0 radical (unpaired) electrons. The molecule has 5 heteroatoms. The first-order valence-corrected chi connectivity index (χ1v) is 5.47. The number of hydrogen-bond acceptors (Lipinski definition) is 2. The highest BCUT2D eigenvalue weighted by Crippen LogP contribution is 2.26. The molecule has 3 nitrogen and oxygen atoms in total. The van der Waals surface area contributed by atoms with E-state index in [1.807, 2.05) is 0 Å². The number of carboxylic acid groups (broad SMARTS) is 1. The molecule has 0 atom stereocenters. The second kappa shape index (κ2) is 5.87. The van der Waals surface area contributed by atoms with Gasteiger partial charge in [-0.1, -0.05) is 29.3 Å². The minimum atomic E-state index is -0.912. The summed E-state index contributed by atoms with van der Waals surface area (Å²) in [6.45, 7) is 0. The van der Waals surface area contributed by atoms with Gasteiger partial charge in [0.05, 0.1) is 10.0 Å². The Kier molecular flexibility index (Phi) is 4.77. The molecule has 0 fully saturated rings. The molecule has 0 aliphatic rings. The van der Waals surface area contributed by atoms with Crippen molar-refractivity contribution in [3.63, 3.8) is 0 Å². The van der Waals surface area contributed by atoms with Crippen molar-refractivity contribution >= 4 is 35.0 Å². The fourth-order valence-electron chi connectivity index (χ4n) is 1.25. The van der Waals surface area contributed by atoms with Gasteiger partial charge in [0, 0.05) is 18.4 Å². The lowest BCUT2D eigenvalue weighted by Crippen LogP contribution is -2.02. The molecule has 1 aromatic rings. The van der Waals surface area contributed by atoms with Crippen molar-refractivity contribution in [2.24, 2.45) is 0 Å². The molecule has 16 heavy (non-hydrogen) atoms. The fourth-order valence-corrected chi connectivity index (χ4v) is 1.66. The van der Waals surface area contributed by atoms with Gasteiger partial charge in [-0.05, 0) is 18.6 Å². The van der Waals surface area contributed by atoms with E-state index in [1.54, 1.807) is 18.2 Å². The third kappa shape index (κ3) is 3.51. The summed E-state index contributed by atoms with van der Waals surface area (Å²) in [5.41, 5.74) is 0.347.